The van der Waals surface area contributed by atoms with Crippen molar-refractivity contribution < 1.29 is 12.8 Å². The van der Waals surface area contributed by atoms with Crippen LogP contribution in [0.4, 0.5) is 10.1 Å². The molecule has 1 heterocycles. The zero-order chi connectivity index (χ0) is 15.6. The highest BCUT2D eigenvalue weighted by molar-refractivity contribution is 7.91. The Balaban J connectivity index is 2.37. The SMILES string of the molecule is CCS(=O)(=O)C[C@H](C)N(C)c1ccnc2cc(F)ccc12. The summed E-state index contributed by atoms with van der Waals surface area (Å²) in [7, 11) is -1.21. The van der Waals surface area contributed by atoms with Gasteiger partial charge in [0.2, 0.25) is 0 Å². The van der Waals surface area contributed by atoms with Crippen molar-refractivity contribution in [1.82, 2.24) is 4.98 Å². The van der Waals surface area contributed by atoms with Gasteiger partial charge >= 0.3 is 0 Å². The molecular formula is C15H19FN2O2S. The van der Waals surface area contributed by atoms with Gasteiger partial charge in [-0.15, -0.1) is 0 Å². The zero-order valence-electron chi connectivity index (χ0n) is 12.4. The number of nitrogens with zero attached hydrogens (tertiary/aromatic N) is 2. The van der Waals surface area contributed by atoms with Crippen LogP contribution in [0.25, 0.3) is 10.9 Å². The average molecular weight is 310 g/mol. The van der Waals surface area contributed by atoms with Crippen molar-refractivity contribution in [2.45, 2.75) is 19.9 Å². The third-order valence-corrected chi connectivity index (χ3v) is 5.53. The van der Waals surface area contributed by atoms with Crippen LogP contribution in [0.5, 0.6) is 0 Å². The van der Waals surface area contributed by atoms with Crippen LogP contribution in [-0.2, 0) is 9.84 Å². The Morgan fingerprint density at radius 3 is 2.71 bits per heavy atom. The van der Waals surface area contributed by atoms with Gasteiger partial charge in [-0.05, 0) is 25.1 Å². The molecule has 0 spiro atoms. The van der Waals surface area contributed by atoms with E-state index in [4.69, 9.17) is 0 Å². The first-order valence-corrected chi connectivity index (χ1v) is 8.63. The number of aromatic nitrogens is 1. The lowest BCUT2D eigenvalue weighted by atomic mass is 10.1. The minimum Gasteiger partial charge on any atom is -0.370 e. The van der Waals surface area contributed by atoms with Gasteiger partial charge in [-0.3, -0.25) is 4.98 Å². The predicted octanol–water partition coefficient (Wildman–Crippen LogP) is 2.63. The Morgan fingerprint density at radius 2 is 2.05 bits per heavy atom. The summed E-state index contributed by atoms with van der Waals surface area (Å²) in [5, 5.41) is 0.808. The maximum Gasteiger partial charge on any atom is 0.152 e. The largest absolute Gasteiger partial charge is 0.370 e. The van der Waals surface area contributed by atoms with E-state index in [0.717, 1.165) is 11.1 Å². The highest BCUT2D eigenvalue weighted by Crippen LogP contribution is 2.26. The lowest BCUT2D eigenvalue weighted by Crippen LogP contribution is -2.35. The standard InChI is InChI=1S/C15H19FN2O2S/c1-4-21(19,20)10-11(2)18(3)15-7-8-17-14-9-12(16)5-6-13(14)15/h5-9,11H,4,10H2,1-3H3/t11-/m0/s1. The van der Waals surface area contributed by atoms with Gasteiger partial charge in [0.1, 0.15) is 5.82 Å². The second kappa shape index (κ2) is 5.97. The summed E-state index contributed by atoms with van der Waals surface area (Å²) < 4.78 is 36.8. The van der Waals surface area contributed by atoms with Gasteiger partial charge in [-0.25, -0.2) is 12.8 Å². The minimum atomic E-state index is -3.05. The van der Waals surface area contributed by atoms with Crippen LogP contribution in [0.3, 0.4) is 0 Å². The van der Waals surface area contributed by atoms with E-state index in [2.05, 4.69) is 4.98 Å². The number of benzene rings is 1. The van der Waals surface area contributed by atoms with Gasteiger partial charge in [0.25, 0.3) is 0 Å². The first kappa shape index (κ1) is 15.7. The molecule has 0 unspecified atom stereocenters. The molecule has 0 saturated heterocycles. The fraction of sp³-hybridized carbons (Fsp3) is 0.400. The van der Waals surface area contributed by atoms with Crippen LogP contribution in [-0.4, -0.2) is 38.0 Å². The number of pyridine rings is 1. The summed E-state index contributed by atoms with van der Waals surface area (Å²) in [5.74, 6) is -0.116. The molecule has 21 heavy (non-hydrogen) atoms. The summed E-state index contributed by atoms with van der Waals surface area (Å²) in [5.41, 5.74) is 1.41. The van der Waals surface area contributed by atoms with Crippen LogP contribution in [0, 0.1) is 5.82 Å². The number of sulfone groups is 1. The molecule has 2 rings (SSSR count). The smallest absolute Gasteiger partial charge is 0.152 e. The molecule has 0 aliphatic rings. The van der Waals surface area contributed by atoms with Gasteiger partial charge in [0, 0.05) is 42.2 Å². The summed E-state index contributed by atoms with van der Waals surface area (Å²) in [4.78, 5) is 6.05. The lowest BCUT2D eigenvalue weighted by molar-refractivity contribution is 0.588. The molecule has 114 valence electrons. The van der Waals surface area contributed by atoms with Gasteiger partial charge in [0.15, 0.2) is 9.84 Å². The van der Waals surface area contributed by atoms with E-state index in [-0.39, 0.29) is 23.4 Å². The van der Waals surface area contributed by atoms with Crippen molar-refractivity contribution in [3.8, 4) is 0 Å². The highest BCUT2D eigenvalue weighted by atomic mass is 32.2. The van der Waals surface area contributed by atoms with E-state index >= 15 is 0 Å². The Bertz CT molecular complexity index is 746. The number of hydrogen-bond donors (Lipinski definition) is 0. The van der Waals surface area contributed by atoms with Gasteiger partial charge in [-0.2, -0.15) is 0 Å². The first-order valence-electron chi connectivity index (χ1n) is 6.81. The molecule has 1 aromatic carbocycles. The number of halogens is 1. The normalized spacial score (nSPS) is 13.3. The molecule has 0 radical (unpaired) electrons. The fourth-order valence-electron chi connectivity index (χ4n) is 2.25. The number of fused-ring (bicyclic) bond motifs is 1. The van der Waals surface area contributed by atoms with Crippen LogP contribution in [0.2, 0.25) is 0 Å². The molecule has 4 nitrogen and oxygen atoms in total. The van der Waals surface area contributed by atoms with E-state index in [1.54, 1.807) is 19.2 Å². The molecule has 6 heteroatoms. The Hall–Kier alpha value is -1.69. The summed E-state index contributed by atoms with van der Waals surface area (Å²) >= 11 is 0. The molecule has 0 aliphatic carbocycles. The summed E-state index contributed by atoms with van der Waals surface area (Å²) in [6.45, 7) is 3.51. The van der Waals surface area contributed by atoms with E-state index in [1.807, 2.05) is 24.9 Å². The molecule has 0 fully saturated rings. The second-order valence-electron chi connectivity index (χ2n) is 5.15. The van der Waals surface area contributed by atoms with Crippen LogP contribution >= 0.6 is 0 Å². The first-order chi connectivity index (χ1) is 9.84. The topological polar surface area (TPSA) is 50.3 Å². The number of anilines is 1. The average Bonchev–Trinajstić information content (AvgIpc) is 2.45. The molecule has 0 N–H and O–H groups in total. The molecule has 1 atom stereocenters. The molecular weight excluding hydrogens is 291 g/mol. The molecule has 1 aromatic heterocycles. The Kier molecular flexibility index (Phi) is 4.46. The predicted molar refractivity (Wildman–Crippen MR) is 83.9 cm³/mol. The van der Waals surface area contributed by atoms with Crippen molar-refractivity contribution in [3.05, 3.63) is 36.3 Å². The molecule has 0 amide bonds. The monoisotopic (exact) mass is 310 g/mol. The van der Waals surface area contributed by atoms with E-state index in [0.29, 0.717) is 5.52 Å². The van der Waals surface area contributed by atoms with E-state index in [9.17, 15) is 12.8 Å². The molecule has 0 bridgehead atoms. The van der Waals surface area contributed by atoms with E-state index < -0.39 is 9.84 Å². The maximum atomic E-state index is 13.3. The Labute approximate surface area is 124 Å². The fourth-order valence-corrected chi connectivity index (χ4v) is 3.44. The van der Waals surface area contributed by atoms with Crippen molar-refractivity contribution >= 4 is 26.4 Å². The third-order valence-electron chi connectivity index (χ3n) is 3.66. The lowest BCUT2D eigenvalue weighted by Gasteiger charge is -2.27. The van der Waals surface area contributed by atoms with Crippen molar-refractivity contribution in [1.29, 1.82) is 0 Å². The minimum absolute atomic E-state index is 0.0883. The van der Waals surface area contributed by atoms with Gasteiger partial charge < -0.3 is 4.90 Å². The third kappa shape index (κ3) is 3.50. The van der Waals surface area contributed by atoms with Crippen LogP contribution in [0.15, 0.2) is 30.5 Å². The van der Waals surface area contributed by atoms with Gasteiger partial charge in [0.05, 0.1) is 11.3 Å². The summed E-state index contributed by atoms with van der Waals surface area (Å²) in [6.07, 6.45) is 1.61. The molecule has 0 aliphatic heterocycles. The maximum absolute atomic E-state index is 13.3. The Morgan fingerprint density at radius 1 is 1.33 bits per heavy atom. The number of hydrogen-bond acceptors (Lipinski definition) is 4. The quantitative estimate of drug-likeness (QED) is 0.852. The molecule has 2 aromatic rings. The highest BCUT2D eigenvalue weighted by Gasteiger charge is 2.19. The summed E-state index contributed by atoms with van der Waals surface area (Å²) in [6, 6.07) is 6.07. The molecule has 0 saturated carbocycles. The zero-order valence-corrected chi connectivity index (χ0v) is 13.2. The van der Waals surface area contributed by atoms with Crippen molar-refractivity contribution in [2.75, 3.05) is 23.5 Å². The van der Waals surface area contributed by atoms with Crippen molar-refractivity contribution in [3.63, 3.8) is 0 Å². The van der Waals surface area contributed by atoms with Crippen LogP contribution < -0.4 is 4.90 Å². The van der Waals surface area contributed by atoms with Crippen LogP contribution in [0.1, 0.15) is 13.8 Å². The second-order valence-corrected chi connectivity index (χ2v) is 7.55. The number of rotatable bonds is 5. The van der Waals surface area contributed by atoms with Crippen molar-refractivity contribution in [2.24, 2.45) is 0 Å². The van der Waals surface area contributed by atoms with Gasteiger partial charge in [-0.1, -0.05) is 6.92 Å². The van der Waals surface area contributed by atoms with E-state index in [1.165, 1.54) is 12.1 Å².